The van der Waals surface area contributed by atoms with Gasteiger partial charge in [0.25, 0.3) is 0 Å². The Bertz CT molecular complexity index is 664. The number of hydrogen-bond acceptors (Lipinski definition) is 3. The summed E-state index contributed by atoms with van der Waals surface area (Å²) in [5.74, 6) is 0.865. The van der Waals surface area contributed by atoms with Gasteiger partial charge in [0.05, 0.1) is 10.7 Å². The van der Waals surface area contributed by atoms with Crippen LogP contribution in [0.3, 0.4) is 0 Å². The van der Waals surface area contributed by atoms with E-state index in [1.54, 1.807) is 11.3 Å². The van der Waals surface area contributed by atoms with E-state index < -0.39 is 0 Å². The van der Waals surface area contributed by atoms with E-state index in [1.807, 2.05) is 7.05 Å². The van der Waals surface area contributed by atoms with Crippen LogP contribution in [-0.4, -0.2) is 30.6 Å². The first kappa shape index (κ1) is 19.4. The van der Waals surface area contributed by atoms with E-state index in [-0.39, 0.29) is 0 Å². The van der Waals surface area contributed by atoms with Crippen LogP contribution >= 0.6 is 11.3 Å². The van der Waals surface area contributed by atoms with Crippen LogP contribution in [0.2, 0.25) is 0 Å². The molecule has 1 aromatic carbocycles. The van der Waals surface area contributed by atoms with Crippen molar-refractivity contribution in [3.8, 4) is 0 Å². The molecule has 0 spiro atoms. The minimum absolute atomic E-state index is 0.375. The van der Waals surface area contributed by atoms with Crippen molar-refractivity contribution < 1.29 is 0 Å². The van der Waals surface area contributed by atoms with Crippen molar-refractivity contribution in [3.05, 3.63) is 51.5 Å². The maximum atomic E-state index is 4.69. The lowest BCUT2D eigenvalue weighted by Gasteiger charge is -2.17. The third kappa shape index (κ3) is 6.50. The second-order valence-electron chi connectivity index (χ2n) is 6.28. The highest BCUT2D eigenvalue weighted by Crippen LogP contribution is 2.17. The topological polar surface area (TPSA) is 49.3 Å². The lowest BCUT2D eigenvalue weighted by Crippen LogP contribution is -2.43. The van der Waals surface area contributed by atoms with E-state index in [0.717, 1.165) is 38.2 Å². The largest absolute Gasteiger partial charge is 0.356 e. The predicted octanol–water partition coefficient (Wildman–Crippen LogP) is 3.74. The maximum Gasteiger partial charge on any atom is 0.191 e. The normalized spacial score (nSPS) is 12.9. The van der Waals surface area contributed by atoms with Crippen molar-refractivity contribution in [2.24, 2.45) is 4.99 Å². The summed E-state index contributed by atoms with van der Waals surface area (Å²) in [5, 5.41) is 8.08. The Labute approximate surface area is 155 Å². The quantitative estimate of drug-likeness (QED) is 0.558. The highest BCUT2D eigenvalue weighted by atomic mass is 32.1. The first-order valence-electron chi connectivity index (χ1n) is 9.08. The molecular formula is C20H30N4S. The Morgan fingerprint density at radius 1 is 1.24 bits per heavy atom. The molecule has 2 rings (SSSR count). The first-order chi connectivity index (χ1) is 12.1. The van der Waals surface area contributed by atoms with Gasteiger partial charge >= 0.3 is 0 Å². The number of aliphatic imine (C=N–C) groups is 1. The summed E-state index contributed by atoms with van der Waals surface area (Å²) in [6.45, 7) is 7.36. The SMILES string of the molecule is CCc1nc(CCNC(=NC)NC(C)CCc2ccccc2)sc1C. The van der Waals surface area contributed by atoms with Crippen molar-refractivity contribution in [2.75, 3.05) is 13.6 Å². The smallest absolute Gasteiger partial charge is 0.191 e. The molecule has 25 heavy (non-hydrogen) atoms. The Hall–Kier alpha value is -1.88. The van der Waals surface area contributed by atoms with Crippen LogP contribution in [0.4, 0.5) is 0 Å². The molecule has 136 valence electrons. The summed E-state index contributed by atoms with van der Waals surface area (Å²) in [6, 6.07) is 11.0. The zero-order valence-electron chi connectivity index (χ0n) is 15.8. The number of benzene rings is 1. The van der Waals surface area contributed by atoms with Crippen molar-refractivity contribution in [3.63, 3.8) is 0 Å². The average Bonchev–Trinajstić information content (AvgIpc) is 2.99. The van der Waals surface area contributed by atoms with Gasteiger partial charge in [0.15, 0.2) is 5.96 Å². The van der Waals surface area contributed by atoms with Crippen molar-refractivity contribution in [1.29, 1.82) is 0 Å². The molecule has 1 atom stereocenters. The lowest BCUT2D eigenvalue weighted by molar-refractivity contribution is 0.593. The summed E-state index contributed by atoms with van der Waals surface area (Å²) < 4.78 is 0. The molecule has 0 aliphatic carbocycles. The van der Waals surface area contributed by atoms with Gasteiger partial charge < -0.3 is 10.6 Å². The number of thiazole rings is 1. The Balaban J connectivity index is 1.72. The van der Waals surface area contributed by atoms with E-state index >= 15 is 0 Å². The Kier molecular flexibility index (Phi) is 7.92. The van der Waals surface area contributed by atoms with Crippen LogP contribution in [0.15, 0.2) is 35.3 Å². The lowest BCUT2D eigenvalue weighted by atomic mass is 10.1. The molecule has 0 aliphatic rings. The molecule has 5 heteroatoms. The molecule has 0 aliphatic heterocycles. The van der Waals surface area contributed by atoms with Gasteiger partial charge in [-0.1, -0.05) is 37.3 Å². The van der Waals surface area contributed by atoms with E-state index in [0.29, 0.717) is 6.04 Å². The Morgan fingerprint density at radius 2 is 2.00 bits per heavy atom. The summed E-state index contributed by atoms with van der Waals surface area (Å²) in [6.07, 6.45) is 4.10. The molecule has 4 nitrogen and oxygen atoms in total. The fourth-order valence-corrected chi connectivity index (χ4v) is 3.76. The van der Waals surface area contributed by atoms with Gasteiger partial charge in [-0.3, -0.25) is 4.99 Å². The molecular weight excluding hydrogens is 328 g/mol. The number of aryl methyl sites for hydroxylation is 3. The molecule has 1 unspecified atom stereocenters. The fourth-order valence-electron chi connectivity index (χ4n) is 2.74. The van der Waals surface area contributed by atoms with Gasteiger partial charge in [-0.25, -0.2) is 4.98 Å². The maximum absolute atomic E-state index is 4.69. The molecule has 0 saturated carbocycles. The molecule has 1 aromatic heterocycles. The summed E-state index contributed by atoms with van der Waals surface area (Å²) >= 11 is 1.81. The molecule has 2 N–H and O–H groups in total. The molecule has 0 amide bonds. The first-order valence-corrected chi connectivity index (χ1v) is 9.90. The third-order valence-corrected chi connectivity index (χ3v) is 5.29. The third-order valence-electron chi connectivity index (χ3n) is 4.22. The predicted molar refractivity (Wildman–Crippen MR) is 109 cm³/mol. The Morgan fingerprint density at radius 3 is 2.64 bits per heavy atom. The van der Waals surface area contributed by atoms with Crippen LogP contribution in [0.1, 0.15) is 41.4 Å². The minimum atomic E-state index is 0.375. The van der Waals surface area contributed by atoms with E-state index in [1.165, 1.54) is 21.1 Å². The van der Waals surface area contributed by atoms with Crippen molar-refractivity contribution in [1.82, 2.24) is 15.6 Å². The minimum Gasteiger partial charge on any atom is -0.356 e. The molecule has 0 bridgehead atoms. The number of guanidine groups is 1. The second kappa shape index (κ2) is 10.2. The summed E-state index contributed by atoms with van der Waals surface area (Å²) in [7, 11) is 1.82. The molecule has 0 saturated heterocycles. The molecule has 2 aromatic rings. The number of aromatic nitrogens is 1. The van der Waals surface area contributed by atoms with Crippen molar-refractivity contribution in [2.45, 2.75) is 52.5 Å². The van der Waals surface area contributed by atoms with Crippen LogP contribution < -0.4 is 10.6 Å². The summed E-state index contributed by atoms with van der Waals surface area (Å²) in [5.41, 5.74) is 2.61. The van der Waals surface area contributed by atoms with Gasteiger partial charge in [-0.05, 0) is 38.7 Å². The van der Waals surface area contributed by atoms with E-state index in [9.17, 15) is 0 Å². The standard InChI is InChI=1S/C20H30N4S/c1-5-18-16(3)25-19(24-18)13-14-22-20(21-4)23-15(2)11-12-17-9-7-6-8-10-17/h6-10,15H,5,11-14H2,1-4H3,(H2,21,22,23). The van der Waals surface area contributed by atoms with Gasteiger partial charge in [0.1, 0.15) is 0 Å². The highest BCUT2D eigenvalue weighted by molar-refractivity contribution is 7.11. The molecule has 1 heterocycles. The number of hydrogen-bond donors (Lipinski definition) is 2. The fraction of sp³-hybridized carbons (Fsp3) is 0.500. The zero-order valence-corrected chi connectivity index (χ0v) is 16.6. The number of nitrogens with one attached hydrogen (secondary N) is 2. The monoisotopic (exact) mass is 358 g/mol. The van der Waals surface area contributed by atoms with Crippen molar-refractivity contribution >= 4 is 17.3 Å². The zero-order chi connectivity index (χ0) is 18.1. The van der Waals surface area contributed by atoms with Gasteiger partial charge in [-0.15, -0.1) is 11.3 Å². The van der Waals surface area contributed by atoms with Crippen LogP contribution in [0.5, 0.6) is 0 Å². The van der Waals surface area contributed by atoms with E-state index in [2.05, 4.69) is 66.7 Å². The summed E-state index contributed by atoms with van der Waals surface area (Å²) in [4.78, 5) is 10.4. The number of rotatable bonds is 8. The highest BCUT2D eigenvalue weighted by Gasteiger charge is 2.08. The van der Waals surface area contributed by atoms with Crippen LogP contribution in [-0.2, 0) is 19.3 Å². The second-order valence-corrected chi connectivity index (χ2v) is 7.57. The van der Waals surface area contributed by atoms with Crippen LogP contribution in [0, 0.1) is 6.92 Å². The van der Waals surface area contributed by atoms with Gasteiger partial charge in [0.2, 0.25) is 0 Å². The van der Waals surface area contributed by atoms with E-state index in [4.69, 9.17) is 4.98 Å². The van der Waals surface area contributed by atoms with Crippen LogP contribution in [0.25, 0.3) is 0 Å². The van der Waals surface area contributed by atoms with Gasteiger partial charge in [0, 0.05) is 30.9 Å². The molecule has 0 radical (unpaired) electrons. The average molecular weight is 359 g/mol. The number of nitrogens with zero attached hydrogens (tertiary/aromatic N) is 2. The molecule has 0 fully saturated rings. The van der Waals surface area contributed by atoms with Gasteiger partial charge in [-0.2, -0.15) is 0 Å².